The molecule has 0 amide bonds. The minimum Gasteiger partial charge on any atom is -0.347 e. The molecule has 1 heterocycles. The highest BCUT2D eigenvalue weighted by Crippen LogP contribution is 2.19. The van der Waals surface area contributed by atoms with Crippen LogP contribution in [0.2, 0.25) is 0 Å². The summed E-state index contributed by atoms with van der Waals surface area (Å²) in [7, 11) is 0. The molecule has 2 rings (SSSR count). The maximum Gasteiger partial charge on any atom is 0.0472 e. The maximum atomic E-state index is 2.48. The molecule has 1 aromatic heterocycles. The molecule has 0 fully saturated rings. The predicted octanol–water partition coefficient (Wildman–Crippen LogP) is 6.00. The van der Waals surface area contributed by atoms with E-state index in [1.54, 1.807) is 11.3 Å². The fourth-order valence-corrected chi connectivity index (χ4v) is 3.12. The highest BCUT2D eigenvalue weighted by molar-refractivity contribution is 5.25. The van der Waals surface area contributed by atoms with E-state index in [4.69, 9.17) is 0 Å². The third kappa shape index (κ3) is 5.05. The predicted molar refractivity (Wildman–Crippen MR) is 96.4 cm³/mol. The van der Waals surface area contributed by atoms with Gasteiger partial charge in [0.05, 0.1) is 0 Å². The normalized spacial score (nSPS) is 11.0. The summed E-state index contributed by atoms with van der Waals surface area (Å²) in [6.07, 6.45) is 12.7. The van der Waals surface area contributed by atoms with Crippen molar-refractivity contribution in [1.29, 1.82) is 0 Å². The molecule has 0 aliphatic carbocycles. The minimum absolute atomic E-state index is 1.01. The zero-order chi connectivity index (χ0) is 15.6. The first-order chi connectivity index (χ1) is 10.8. The van der Waals surface area contributed by atoms with E-state index in [9.17, 15) is 0 Å². The van der Waals surface area contributed by atoms with E-state index in [2.05, 4.69) is 61.0 Å². The molecule has 0 aliphatic rings. The van der Waals surface area contributed by atoms with Crippen LogP contribution in [0, 0.1) is 0 Å². The van der Waals surface area contributed by atoms with E-state index in [1.165, 1.54) is 56.9 Å². The minimum atomic E-state index is 1.01. The second kappa shape index (κ2) is 9.50. The number of hydrogen-bond donors (Lipinski definition) is 0. The van der Waals surface area contributed by atoms with Gasteiger partial charge in [0.2, 0.25) is 0 Å². The van der Waals surface area contributed by atoms with Gasteiger partial charge in [0.15, 0.2) is 0 Å². The molecule has 120 valence electrons. The average molecular weight is 297 g/mol. The lowest BCUT2D eigenvalue weighted by molar-refractivity contribution is 0.651. The summed E-state index contributed by atoms with van der Waals surface area (Å²) in [6.45, 7) is 5.57. The van der Waals surface area contributed by atoms with Crippen molar-refractivity contribution in [3.05, 3.63) is 59.4 Å². The third-order valence-corrected chi connectivity index (χ3v) is 4.44. The first kappa shape index (κ1) is 16.9. The van der Waals surface area contributed by atoms with Gasteiger partial charge in [-0.25, -0.2) is 0 Å². The first-order valence-corrected chi connectivity index (χ1v) is 9.06. The van der Waals surface area contributed by atoms with E-state index in [1.807, 2.05) is 0 Å². The molecule has 0 atom stereocenters. The van der Waals surface area contributed by atoms with Crippen molar-refractivity contribution in [2.45, 2.75) is 71.8 Å². The van der Waals surface area contributed by atoms with Crippen molar-refractivity contribution in [3.63, 3.8) is 0 Å². The fraction of sp³-hybridized carbons (Fsp3) is 0.524. The van der Waals surface area contributed by atoms with Crippen LogP contribution < -0.4 is 0 Å². The van der Waals surface area contributed by atoms with Gasteiger partial charge in [-0.2, -0.15) is 0 Å². The number of nitrogens with zero attached hydrogens (tertiary/aromatic N) is 1. The Bertz CT molecular complexity index is 524. The summed E-state index contributed by atoms with van der Waals surface area (Å²) in [5, 5.41) is 0. The van der Waals surface area contributed by atoms with Crippen LogP contribution in [-0.4, -0.2) is 4.57 Å². The van der Waals surface area contributed by atoms with Crippen LogP contribution >= 0.6 is 0 Å². The lowest BCUT2D eigenvalue weighted by Gasteiger charge is -2.12. The lowest BCUT2D eigenvalue weighted by Crippen LogP contribution is -2.05. The van der Waals surface area contributed by atoms with Crippen LogP contribution in [0.25, 0.3) is 0 Å². The number of unbranched alkanes of at least 4 members (excludes halogenated alkanes) is 4. The van der Waals surface area contributed by atoms with E-state index >= 15 is 0 Å². The van der Waals surface area contributed by atoms with Crippen molar-refractivity contribution >= 4 is 0 Å². The Labute approximate surface area is 136 Å². The van der Waals surface area contributed by atoms with Crippen LogP contribution in [0.15, 0.2) is 42.6 Å². The Kier molecular flexibility index (Phi) is 7.28. The van der Waals surface area contributed by atoms with E-state index in [0.29, 0.717) is 0 Å². The molecule has 0 saturated heterocycles. The standard InChI is InChI=1S/C21H31N/c1-3-5-8-14-20-16-17-22(21(20)15-9-6-4-2)18-19-12-10-7-11-13-19/h7,10-13,16-17H,3-6,8-9,14-15,18H2,1-2H3. The van der Waals surface area contributed by atoms with Gasteiger partial charge in [0.1, 0.15) is 0 Å². The van der Waals surface area contributed by atoms with Crippen LogP contribution in [0.5, 0.6) is 0 Å². The molecular formula is C21H31N. The zero-order valence-electron chi connectivity index (χ0n) is 14.4. The van der Waals surface area contributed by atoms with Gasteiger partial charge in [-0.05, 0) is 42.9 Å². The summed E-state index contributed by atoms with van der Waals surface area (Å²) in [4.78, 5) is 0. The lowest BCUT2D eigenvalue weighted by atomic mass is 10.0. The monoisotopic (exact) mass is 297 g/mol. The van der Waals surface area contributed by atoms with Crippen molar-refractivity contribution in [3.8, 4) is 0 Å². The molecule has 0 N–H and O–H groups in total. The number of rotatable bonds is 10. The molecule has 22 heavy (non-hydrogen) atoms. The average Bonchev–Trinajstić information content (AvgIpc) is 2.91. The molecule has 0 aliphatic heterocycles. The molecule has 1 heteroatoms. The topological polar surface area (TPSA) is 4.93 Å². The Balaban J connectivity index is 2.09. The SMILES string of the molecule is CCCCCc1ccn(Cc2ccccc2)c1CCCCC. The molecule has 0 spiro atoms. The van der Waals surface area contributed by atoms with E-state index in [-0.39, 0.29) is 0 Å². The van der Waals surface area contributed by atoms with Gasteiger partial charge in [0.25, 0.3) is 0 Å². The van der Waals surface area contributed by atoms with Gasteiger partial charge in [-0.3, -0.25) is 0 Å². The highest BCUT2D eigenvalue weighted by atomic mass is 15.0. The van der Waals surface area contributed by atoms with Gasteiger partial charge in [-0.1, -0.05) is 69.9 Å². The van der Waals surface area contributed by atoms with Gasteiger partial charge in [-0.15, -0.1) is 0 Å². The zero-order valence-corrected chi connectivity index (χ0v) is 14.4. The molecule has 0 radical (unpaired) electrons. The van der Waals surface area contributed by atoms with Crippen molar-refractivity contribution in [2.75, 3.05) is 0 Å². The van der Waals surface area contributed by atoms with Gasteiger partial charge < -0.3 is 4.57 Å². The summed E-state index contributed by atoms with van der Waals surface area (Å²) in [5.41, 5.74) is 4.56. The number of aromatic nitrogens is 1. The summed E-state index contributed by atoms with van der Waals surface area (Å²) >= 11 is 0. The van der Waals surface area contributed by atoms with E-state index in [0.717, 1.165) is 6.54 Å². The largest absolute Gasteiger partial charge is 0.347 e. The second-order valence-electron chi connectivity index (χ2n) is 6.32. The van der Waals surface area contributed by atoms with Crippen molar-refractivity contribution in [2.24, 2.45) is 0 Å². The van der Waals surface area contributed by atoms with Crippen molar-refractivity contribution < 1.29 is 0 Å². The molecule has 0 bridgehead atoms. The smallest absolute Gasteiger partial charge is 0.0472 e. The number of benzene rings is 1. The second-order valence-corrected chi connectivity index (χ2v) is 6.32. The molecule has 1 nitrogen and oxygen atoms in total. The van der Waals surface area contributed by atoms with Crippen LogP contribution in [0.3, 0.4) is 0 Å². The van der Waals surface area contributed by atoms with Crippen LogP contribution in [0.4, 0.5) is 0 Å². The maximum absolute atomic E-state index is 2.48. The van der Waals surface area contributed by atoms with Crippen molar-refractivity contribution in [1.82, 2.24) is 4.57 Å². The number of hydrogen-bond acceptors (Lipinski definition) is 0. The Morgan fingerprint density at radius 1 is 0.773 bits per heavy atom. The molecular weight excluding hydrogens is 266 g/mol. The van der Waals surface area contributed by atoms with Crippen LogP contribution in [-0.2, 0) is 19.4 Å². The van der Waals surface area contributed by atoms with E-state index < -0.39 is 0 Å². The molecule has 1 aromatic carbocycles. The highest BCUT2D eigenvalue weighted by Gasteiger charge is 2.09. The van der Waals surface area contributed by atoms with Gasteiger partial charge in [0, 0.05) is 18.4 Å². The quantitative estimate of drug-likeness (QED) is 0.474. The number of aryl methyl sites for hydroxylation is 1. The first-order valence-electron chi connectivity index (χ1n) is 9.06. The Hall–Kier alpha value is -1.50. The Morgan fingerprint density at radius 2 is 1.45 bits per heavy atom. The molecule has 0 saturated carbocycles. The van der Waals surface area contributed by atoms with Gasteiger partial charge >= 0.3 is 0 Å². The molecule has 2 aromatic rings. The molecule has 0 unspecified atom stereocenters. The fourth-order valence-electron chi connectivity index (χ4n) is 3.12. The third-order valence-electron chi connectivity index (χ3n) is 4.44. The summed E-state index contributed by atoms with van der Waals surface area (Å²) in [5.74, 6) is 0. The Morgan fingerprint density at radius 3 is 2.14 bits per heavy atom. The summed E-state index contributed by atoms with van der Waals surface area (Å²) in [6, 6.07) is 13.2. The summed E-state index contributed by atoms with van der Waals surface area (Å²) < 4.78 is 2.48. The van der Waals surface area contributed by atoms with Crippen LogP contribution in [0.1, 0.15) is 69.2 Å².